The summed E-state index contributed by atoms with van der Waals surface area (Å²) < 4.78 is 0. The van der Waals surface area contributed by atoms with Crippen LogP contribution in [0.2, 0.25) is 0 Å². The molecule has 0 bridgehead atoms. The Hall–Kier alpha value is -3.16. The third-order valence-corrected chi connectivity index (χ3v) is 4.99. The van der Waals surface area contributed by atoms with E-state index in [1.54, 1.807) is 41.7 Å². The maximum Gasteiger partial charge on any atom is 0.324 e. The molecule has 0 unspecified atom stereocenters. The normalized spacial score (nSPS) is 10.4. The van der Waals surface area contributed by atoms with Crippen LogP contribution in [0.5, 0.6) is 0 Å². The Morgan fingerprint density at radius 3 is 2.52 bits per heavy atom. The molecule has 0 fully saturated rings. The largest absolute Gasteiger partial charge is 0.397 e. The topological polar surface area (TPSA) is 107 Å². The van der Waals surface area contributed by atoms with Crippen LogP contribution in [-0.4, -0.2) is 11.9 Å². The number of carbonyl (C=O) groups excluding carboxylic acids is 2. The van der Waals surface area contributed by atoms with Gasteiger partial charge in [0.05, 0.1) is 17.8 Å². The van der Waals surface area contributed by atoms with Gasteiger partial charge in [-0.1, -0.05) is 24.3 Å². The lowest BCUT2D eigenvalue weighted by molar-refractivity contribution is -0.144. The second kappa shape index (κ2) is 8.48. The van der Waals surface area contributed by atoms with Crippen LogP contribution in [0.25, 0.3) is 10.4 Å². The lowest BCUT2D eigenvalue weighted by Gasteiger charge is -2.10. The molecule has 2 aromatic carbocycles. The van der Waals surface area contributed by atoms with Crippen molar-refractivity contribution in [2.24, 2.45) is 5.90 Å². The second-order valence-corrected chi connectivity index (χ2v) is 6.87. The Labute approximate surface area is 160 Å². The van der Waals surface area contributed by atoms with Crippen molar-refractivity contribution in [1.29, 1.82) is 0 Å². The van der Waals surface area contributed by atoms with Crippen molar-refractivity contribution < 1.29 is 14.4 Å². The fraction of sp³-hybridized carbons (Fsp3) is 0.100. The van der Waals surface area contributed by atoms with Gasteiger partial charge in [-0.15, -0.1) is 11.3 Å². The van der Waals surface area contributed by atoms with Crippen molar-refractivity contribution in [3.8, 4) is 10.4 Å². The van der Waals surface area contributed by atoms with Gasteiger partial charge < -0.3 is 15.9 Å². The average molecular weight is 381 g/mol. The minimum absolute atomic E-state index is 0.189. The van der Waals surface area contributed by atoms with E-state index in [0.717, 1.165) is 16.0 Å². The molecule has 0 aliphatic rings. The highest BCUT2D eigenvalue weighted by molar-refractivity contribution is 7.13. The maximum atomic E-state index is 12.5. The van der Waals surface area contributed by atoms with Crippen LogP contribution < -0.4 is 16.9 Å². The van der Waals surface area contributed by atoms with E-state index < -0.39 is 5.97 Å². The molecule has 1 heterocycles. The zero-order valence-corrected chi connectivity index (χ0v) is 15.3. The van der Waals surface area contributed by atoms with E-state index in [1.807, 2.05) is 29.6 Å². The number of aryl methyl sites for hydroxylation is 1. The van der Waals surface area contributed by atoms with Crippen LogP contribution in [0, 0.1) is 0 Å². The van der Waals surface area contributed by atoms with Gasteiger partial charge in [0.15, 0.2) is 0 Å². The summed E-state index contributed by atoms with van der Waals surface area (Å²) in [6, 6.07) is 16.6. The molecule has 0 atom stereocenters. The van der Waals surface area contributed by atoms with E-state index in [0.29, 0.717) is 23.4 Å². The van der Waals surface area contributed by atoms with Crippen molar-refractivity contribution in [3.05, 3.63) is 71.1 Å². The maximum absolute atomic E-state index is 12.5. The summed E-state index contributed by atoms with van der Waals surface area (Å²) in [5.74, 6) is 4.09. The predicted molar refractivity (Wildman–Crippen MR) is 107 cm³/mol. The van der Waals surface area contributed by atoms with Crippen molar-refractivity contribution in [1.82, 2.24) is 0 Å². The van der Waals surface area contributed by atoms with Crippen LogP contribution in [-0.2, 0) is 16.1 Å². The Bertz CT molecular complexity index is 938. The van der Waals surface area contributed by atoms with E-state index >= 15 is 0 Å². The summed E-state index contributed by atoms with van der Waals surface area (Å²) in [5, 5.41) is 4.86. The van der Waals surface area contributed by atoms with Crippen LogP contribution in [0.15, 0.2) is 60.0 Å². The van der Waals surface area contributed by atoms with Gasteiger partial charge in [0.1, 0.15) is 0 Å². The number of thiophene rings is 1. The molecule has 3 rings (SSSR count). The summed E-state index contributed by atoms with van der Waals surface area (Å²) in [5.41, 5.74) is 9.49. The fourth-order valence-corrected chi connectivity index (χ4v) is 3.31. The van der Waals surface area contributed by atoms with E-state index in [4.69, 9.17) is 11.6 Å². The van der Waals surface area contributed by atoms with Crippen LogP contribution >= 0.6 is 11.3 Å². The van der Waals surface area contributed by atoms with Gasteiger partial charge in [-0.2, -0.15) is 5.90 Å². The van der Waals surface area contributed by atoms with Crippen LogP contribution in [0.3, 0.4) is 0 Å². The minimum Gasteiger partial charge on any atom is -0.397 e. The zero-order chi connectivity index (χ0) is 19.2. The molecule has 1 aromatic heterocycles. The number of carbonyl (C=O) groups is 2. The standard InChI is InChI=1S/C20H19N3O3S/c21-16-9-8-15(18-2-1-11-27-18)12-17(16)23-20(25)14-6-3-13(4-7-14)5-10-19(24)26-22/h1-4,6-9,11-12H,5,10,21-22H2,(H,23,25). The van der Waals surface area contributed by atoms with Gasteiger partial charge in [-0.25, -0.2) is 0 Å². The van der Waals surface area contributed by atoms with Gasteiger partial charge in [0.25, 0.3) is 5.91 Å². The van der Waals surface area contributed by atoms with Crippen molar-refractivity contribution in [2.75, 3.05) is 11.1 Å². The molecule has 138 valence electrons. The molecule has 1 amide bonds. The van der Waals surface area contributed by atoms with Gasteiger partial charge in [-0.3, -0.25) is 9.59 Å². The molecule has 0 saturated carbocycles. The number of nitrogens with one attached hydrogen (secondary N) is 1. The predicted octanol–water partition coefficient (Wildman–Crippen LogP) is 3.60. The number of amides is 1. The molecule has 0 saturated heterocycles. The Morgan fingerprint density at radius 2 is 1.85 bits per heavy atom. The number of nitrogens with two attached hydrogens (primary N) is 2. The summed E-state index contributed by atoms with van der Waals surface area (Å²) in [4.78, 5) is 28.9. The van der Waals surface area contributed by atoms with E-state index in [2.05, 4.69) is 10.2 Å². The number of benzene rings is 2. The molecule has 0 spiro atoms. The van der Waals surface area contributed by atoms with Gasteiger partial charge in [0, 0.05) is 10.4 Å². The third-order valence-electron chi connectivity index (χ3n) is 4.07. The quantitative estimate of drug-likeness (QED) is 0.447. The van der Waals surface area contributed by atoms with Gasteiger partial charge in [0.2, 0.25) is 0 Å². The monoisotopic (exact) mass is 381 g/mol. The summed E-state index contributed by atoms with van der Waals surface area (Å²) in [6.45, 7) is 0. The number of nitrogen functional groups attached to an aromatic ring is 1. The summed E-state index contributed by atoms with van der Waals surface area (Å²) >= 11 is 1.62. The van der Waals surface area contributed by atoms with Crippen LogP contribution in [0.4, 0.5) is 11.4 Å². The first-order valence-corrected chi connectivity index (χ1v) is 9.18. The first-order chi connectivity index (χ1) is 13.1. The fourth-order valence-electron chi connectivity index (χ4n) is 2.58. The highest BCUT2D eigenvalue weighted by atomic mass is 32.1. The zero-order valence-electron chi connectivity index (χ0n) is 14.5. The molecular formula is C20H19N3O3S. The molecular weight excluding hydrogens is 362 g/mol. The van der Waals surface area contributed by atoms with Crippen molar-refractivity contribution in [2.45, 2.75) is 12.8 Å². The SMILES string of the molecule is NOC(=O)CCc1ccc(C(=O)Nc2cc(-c3cccs3)ccc2N)cc1. The molecule has 27 heavy (non-hydrogen) atoms. The Morgan fingerprint density at radius 1 is 1.07 bits per heavy atom. The molecule has 7 heteroatoms. The van der Waals surface area contributed by atoms with Gasteiger partial charge >= 0.3 is 5.97 Å². The smallest absolute Gasteiger partial charge is 0.324 e. The lowest BCUT2D eigenvalue weighted by Crippen LogP contribution is -2.13. The third kappa shape index (κ3) is 4.72. The molecule has 3 aromatic rings. The number of hydrogen-bond acceptors (Lipinski definition) is 6. The number of rotatable bonds is 6. The molecule has 0 radical (unpaired) electrons. The highest BCUT2D eigenvalue weighted by Gasteiger charge is 2.10. The van der Waals surface area contributed by atoms with E-state index in [9.17, 15) is 9.59 Å². The Balaban J connectivity index is 1.70. The Kier molecular flexibility index (Phi) is 5.85. The average Bonchev–Trinajstić information content (AvgIpc) is 3.23. The molecule has 6 nitrogen and oxygen atoms in total. The molecule has 0 aliphatic carbocycles. The summed E-state index contributed by atoms with van der Waals surface area (Å²) in [6.07, 6.45) is 0.682. The van der Waals surface area contributed by atoms with Gasteiger partial charge in [-0.05, 0) is 53.3 Å². The number of anilines is 2. The second-order valence-electron chi connectivity index (χ2n) is 5.92. The highest BCUT2D eigenvalue weighted by Crippen LogP contribution is 2.30. The minimum atomic E-state index is -0.474. The lowest BCUT2D eigenvalue weighted by atomic mass is 10.1. The first-order valence-electron chi connectivity index (χ1n) is 8.30. The van der Waals surface area contributed by atoms with E-state index in [1.165, 1.54) is 0 Å². The first kappa shape index (κ1) is 18.6. The van der Waals surface area contributed by atoms with E-state index in [-0.39, 0.29) is 12.3 Å². The van der Waals surface area contributed by atoms with Crippen molar-refractivity contribution in [3.63, 3.8) is 0 Å². The number of hydrogen-bond donors (Lipinski definition) is 3. The molecule has 0 aliphatic heterocycles. The van der Waals surface area contributed by atoms with Crippen LogP contribution in [0.1, 0.15) is 22.3 Å². The van der Waals surface area contributed by atoms with Crippen molar-refractivity contribution >= 4 is 34.6 Å². The molecule has 5 N–H and O–H groups in total. The summed E-state index contributed by atoms with van der Waals surface area (Å²) in [7, 11) is 0.